The van der Waals surface area contributed by atoms with E-state index in [2.05, 4.69) is 6.92 Å². The summed E-state index contributed by atoms with van der Waals surface area (Å²) in [6, 6.07) is 0. The van der Waals surface area contributed by atoms with E-state index in [1.54, 1.807) is 6.92 Å². The Morgan fingerprint density at radius 3 is 2.50 bits per heavy atom. The molecule has 0 spiro atoms. The Kier molecular flexibility index (Phi) is 5.58. The number of aliphatic hydroxyl groups excluding tert-OH is 1. The third kappa shape index (κ3) is 6.01. The Balaban J connectivity index is 3.12. The summed E-state index contributed by atoms with van der Waals surface area (Å²) in [5, 5.41) is 8.68. The Bertz CT molecular complexity index is 73.3. The van der Waals surface area contributed by atoms with Gasteiger partial charge in [-0.25, -0.2) is 0 Å². The van der Waals surface area contributed by atoms with Crippen molar-refractivity contribution in [3.8, 4) is 0 Å². The summed E-state index contributed by atoms with van der Waals surface area (Å²) in [6.45, 7) is 7.86. The van der Waals surface area contributed by atoms with Gasteiger partial charge in [-0.2, -0.15) is 0 Å². The van der Waals surface area contributed by atoms with Gasteiger partial charge in [0.2, 0.25) is 0 Å². The van der Waals surface area contributed by atoms with Crippen LogP contribution in [0.5, 0.6) is 0 Å². The highest BCUT2D eigenvalue weighted by Crippen LogP contribution is 1.93. The van der Waals surface area contributed by atoms with E-state index < -0.39 is 6.10 Å². The summed E-state index contributed by atoms with van der Waals surface area (Å²) in [6.07, 6.45) is -0.913. The third-order valence-electron chi connectivity index (χ3n) is 0.925. The van der Waals surface area contributed by atoms with Gasteiger partial charge < -0.3 is 14.6 Å². The summed E-state index contributed by atoms with van der Waals surface area (Å²) in [5.74, 6) is 0. The molecular formula is C7H15O3. The van der Waals surface area contributed by atoms with Crippen LogP contribution in [-0.2, 0) is 9.47 Å². The van der Waals surface area contributed by atoms with Crippen molar-refractivity contribution in [3.63, 3.8) is 0 Å². The molecule has 0 bridgehead atoms. The second-order valence-electron chi connectivity index (χ2n) is 2.01. The minimum absolute atomic E-state index is 0.223. The molecule has 1 N–H and O–H groups in total. The van der Waals surface area contributed by atoms with Crippen LogP contribution in [0, 0.1) is 6.92 Å². The lowest BCUT2D eigenvalue weighted by Gasteiger charge is -2.13. The second kappa shape index (κ2) is 5.65. The largest absolute Gasteiger partial charge is 0.391 e. The molecule has 3 heteroatoms. The van der Waals surface area contributed by atoms with Gasteiger partial charge in [0.15, 0.2) is 6.29 Å². The zero-order chi connectivity index (χ0) is 7.98. The molecule has 0 aliphatic rings. The van der Waals surface area contributed by atoms with E-state index in [0.29, 0.717) is 6.61 Å². The lowest BCUT2D eigenvalue weighted by molar-refractivity contribution is -0.139. The fourth-order valence-corrected chi connectivity index (χ4v) is 0.529. The summed E-state index contributed by atoms with van der Waals surface area (Å²) in [5.41, 5.74) is 0. The van der Waals surface area contributed by atoms with Crippen LogP contribution in [0.15, 0.2) is 0 Å². The summed E-state index contributed by atoms with van der Waals surface area (Å²) in [7, 11) is 0. The van der Waals surface area contributed by atoms with Crippen LogP contribution in [0.1, 0.15) is 13.8 Å². The average Bonchev–Trinajstić information content (AvgIpc) is 1.85. The quantitative estimate of drug-likeness (QED) is 0.578. The molecule has 61 valence electrons. The smallest absolute Gasteiger partial charge is 0.154 e. The van der Waals surface area contributed by atoms with E-state index in [4.69, 9.17) is 14.6 Å². The van der Waals surface area contributed by atoms with Crippen LogP contribution in [0.4, 0.5) is 0 Å². The predicted molar refractivity (Wildman–Crippen MR) is 38.4 cm³/mol. The second-order valence-corrected chi connectivity index (χ2v) is 2.01. The van der Waals surface area contributed by atoms with Crippen molar-refractivity contribution in [1.29, 1.82) is 0 Å². The van der Waals surface area contributed by atoms with E-state index in [1.165, 1.54) is 0 Å². The van der Waals surface area contributed by atoms with Crippen molar-refractivity contribution < 1.29 is 14.6 Å². The van der Waals surface area contributed by atoms with Crippen LogP contribution in [0.25, 0.3) is 0 Å². The molecule has 0 rings (SSSR count). The van der Waals surface area contributed by atoms with E-state index in [0.717, 1.165) is 0 Å². The SMILES string of the molecule is [CH2]C(O)COC(C)OCC. The van der Waals surface area contributed by atoms with Crippen LogP contribution in [-0.4, -0.2) is 30.7 Å². The van der Waals surface area contributed by atoms with E-state index in [9.17, 15) is 0 Å². The summed E-state index contributed by atoms with van der Waals surface area (Å²) < 4.78 is 10.0. The Morgan fingerprint density at radius 1 is 1.50 bits per heavy atom. The normalized spacial score (nSPS) is 16.8. The molecule has 0 aromatic carbocycles. The van der Waals surface area contributed by atoms with Gasteiger partial charge in [-0.05, 0) is 20.8 Å². The highest BCUT2D eigenvalue weighted by molar-refractivity contribution is 4.53. The Morgan fingerprint density at radius 2 is 2.10 bits per heavy atom. The Labute approximate surface area is 62.0 Å². The van der Waals surface area contributed by atoms with Crippen molar-refractivity contribution in [2.24, 2.45) is 0 Å². The summed E-state index contributed by atoms with van der Waals surface area (Å²) in [4.78, 5) is 0. The van der Waals surface area contributed by atoms with Crippen molar-refractivity contribution in [2.45, 2.75) is 26.2 Å². The van der Waals surface area contributed by atoms with Gasteiger partial charge in [-0.1, -0.05) is 0 Å². The van der Waals surface area contributed by atoms with Crippen molar-refractivity contribution in [2.75, 3.05) is 13.2 Å². The van der Waals surface area contributed by atoms with E-state index in [1.807, 2.05) is 6.92 Å². The number of aliphatic hydroxyl groups is 1. The lowest BCUT2D eigenvalue weighted by atomic mass is 10.4. The number of hydrogen-bond acceptors (Lipinski definition) is 3. The minimum Gasteiger partial charge on any atom is -0.391 e. The molecule has 0 aromatic rings. The van der Waals surface area contributed by atoms with Gasteiger partial charge in [-0.3, -0.25) is 0 Å². The first kappa shape index (κ1) is 9.88. The molecule has 0 aliphatic heterocycles. The number of ether oxygens (including phenoxy) is 2. The molecular weight excluding hydrogens is 132 g/mol. The van der Waals surface area contributed by atoms with Crippen LogP contribution in [0.2, 0.25) is 0 Å². The molecule has 0 aromatic heterocycles. The van der Waals surface area contributed by atoms with Crippen molar-refractivity contribution in [1.82, 2.24) is 0 Å². The molecule has 10 heavy (non-hydrogen) atoms. The fourth-order valence-electron chi connectivity index (χ4n) is 0.529. The number of hydrogen-bond donors (Lipinski definition) is 1. The third-order valence-corrected chi connectivity index (χ3v) is 0.925. The van der Waals surface area contributed by atoms with Crippen LogP contribution >= 0.6 is 0 Å². The molecule has 0 heterocycles. The molecule has 1 radical (unpaired) electrons. The van der Waals surface area contributed by atoms with E-state index in [-0.39, 0.29) is 12.9 Å². The monoisotopic (exact) mass is 147 g/mol. The highest BCUT2D eigenvalue weighted by atomic mass is 16.7. The van der Waals surface area contributed by atoms with Crippen molar-refractivity contribution in [3.05, 3.63) is 6.92 Å². The first-order chi connectivity index (χ1) is 4.66. The highest BCUT2D eigenvalue weighted by Gasteiger charge is 2.01. The van der Waals surface area contributed by atoms with Gasteiger partial charge >= 0.3 is 0 Å². The maximum atomic E-state index is 8.68. The number of rotatable bonds is 5. The molecule has 0 saturated heterocycles. The maximum absolute atomic E-state index is 8.68. The maximum Gasteiger partial charge on any atom is 0.154 e. The minimum atomic E-state index is -0.664. The Hall–Kier alpha value is -0.120. The first-order valence-corrected chi connectivity index (χ1v) is 3.41. The van der Waals surface area contributed by atoms with E-state index >= 15 is 0 Å². The molecule has 0 fully saturated rings. The molecule has 2 unspecified atom stereocenters. The standard InChI is InChI=1S/C7H15O3/c1-4-9-7(3)10-5-6(2)8/h6-8H,2,4-5H2,1,3H3. The predicted octanol–water partition coefficient (Wildman–Crippen LogP) is 0.580. The topological polar surface area (TPSA) is 38.7 Å². The fraction of sp³-hybridized carbons (Fsp3) is 0.857. The van der Waals surface area contributed by atoms with Gasteiger partial charge in [0.05, 0.1) is 12.7 Å². The van der Waals surface area contributed by atoms with Gasteiger partial charge in [-0.15, -0.1) is 0 Å². The zero-order valence-corrected chi connectivity index (χ0v) is 6.54. The average molecular weight is 147 g/mol. The van der Waals surface area contributed by atoms with Crippen LogP contribution in [0.3, 0.4) is 0 Å². The molecule has 0 amide bonds. The molecule has 3 nitrogen and oxygen atoms in total. The summed E-state index contributed by atoms with van der Waals surface area (Å²) >= 11 is 0. The van der Waals surface area contributed by atoms with Crippen molar-refractivity contribution >= 4 is 0 Å². The first-order valence-electron chi connectivity index (χ1n) is 3.41. The molecule has 2 atom stereocenters. The van der Waals surface area contributed by atoms with Crippen LogP contribution < -0.4 is 0 Å². The molecule has 0 aliphatic carbocycles. The molecule has 0 saturated carbocycles. The lowest BCUT2D eigenvalue weighted by Crippen LogP contribution is -2.19. The van der Waals surface area contributed by atoms with Gasteiger partial charge in [0.25, 0.3) is 0 Å². The van der Waals surface area contributed by atoms with Gasteiger partial charge in [0.1, 0.15) is 0 Å². The zero-order valence-electron chi connectivity index (χ0n) is 6.54. The van der Waals surface area contributed by atoms with Gasteiger partial charge in [0, 0.05) is 6.61 Å².